The Bertz CT molecular complexity index is 990. The molecule has 0 saturated heterocycles. The van der Waals surface area contributed by atoms with Crippen molar-refractivity contribution in [1.82, 2.24) is 0 Å². The molecule has 2 N–H and O–H groups in total. The number of carboxylic acid groups (broad SMARTS) is 1. The molecule has 0 heterocycles. The molecule has 0 aliphatic heterocycles. The van der Waals surface area contributed by atoms with Crippen molar-refractivity contribution in [3.05, 3.63) is 88.7 Å². The van der Waals surface area contributed by atoms with Crippen molar-refractivity contribution < 1.29 is 19.1 Å². The van der Waals surface area contributed by atoms with E-state index in [1.807, 2.05) is 0 Å². The average molecular weight is 370 g/mol. The Morgan fingerprint density at radius 1 is 0.923 bits per heavy atom. The van der Waals surface area contributed by atoms with Crippen molar-refractivity contribution in [2.24, 2.45) is 0 Å². The van der Waals surface area contributed by atoms with E-state index in [0.29, 0.717) is 16.7 Å². The number of rotatable bonds is 4. The van der Waals surface area contributed by atoms with Crippen molar-refractivity contribution in [2.45, 2.75) is 0 Å². The van der Waals surface area contributed by atoms with Gasteiger partial charge in [0.15, 0.2) is 0 Å². The lowest BCUT2D eigenvalue weighted by Crippen LogP contribution is -2.14. The summed E-state index contributed by atoms with van der Waals surface area (Å²) < 4.78 is 13.4. The lowest BCUT2D eigenvalue weighted by atomic mass is 10.0. The maximum atomic E-state index is 13.4. The molecule has 0 unspecified atom stereocenters. The van der Waals surface area contributed by atoms with Gasteiger partial charge in [0.2, 0.25) is 0 Å². The van der Waals surface area contributed by atoms with Crippen LogP contribution in [0.4, 0.5) is 10.1 Å². The van der Waals surface area contributed by atoms with Gasteiger partial charge in [0.25, 0.3) is 5.91 Å². The first kappa shape index (κ1) is 17.6. The van der Waals surface area contributed by atoms with Crippen LogP contribution < -0.4 is 5.32 Å². The normalized spacial score (nSPS) is 10.4. The average Bonchev–Trinajstić information content (AvgIpc) is 2.64. The number of nitrogens with one attached hydrogen (secondary N) is 1. The highest BCUT2D eigenvalue weighted by molar-refractivity contribution is 6.31. The van der Waals surface area contributed by atoms with E-state index in [9.17, 15) is 19.1 Å². The molecule has 0 aromatic heterocycles. The molecule has 4 nitrogen and oxygen atoms in total. The smallest absolute Gasteiger partial charge is 0.337 e. The van der Waals surface area contributed by atoms with Crippen LogP contribution in [-0.2, 0) is 0 Å². The van der Waals surface area contributed by atoms with Gasteiger partial charge in [-0.3, -0.25) is 4.79 Å². The minimum Gasteiger partial charge on any atom is -0.478 e. The lowest BCUT2D eigenvalue weighted by molar-refractivity contribution is 0.0698. The second kappa shape index (κ2) is 7.37. The van der Waals surface area contributed by atoms with Crippen molar-refractivity contribution in [3.63, 3.8) is 0 Å². The molecular weight excluding hydrogens is 357 g/mol. The van der Waals surface area contributed by atoms with Crippen LogP contribution in [0.3, 0.4) is 0 Å². The lowest BCUT2D eigenvalue weighted by Gasteiger charge is -2.11. The Labute approximate surface area is 153 Å². The number of carbonyl (C=O) groups excluding carboxylic acids is 1. The molecule has 3 rings (SSSR count). The van der Waals surface area contributed by atoms with E-state index >= 15 is 0 Å². The van der Waals surface area contributed by atoms with Crippen LogP contribution in [0.15, 0.2) is 66.7 Å². The summed E-state index contributed by atoms with van der Waals surface area (Å²) in [6, 6.07) is 17.1. The first-order valence-corrected chi connectivity index (χ1v) is 8.02. The second-order valence-corrected chi connectivity index (χ2v) is 5.92. The summed E-state index contributed by atoms with van der Waals surface area (Å²) in [5.74, 6) is -2.14. The monoisotopic (exact) mass is 369 g/mol. The highest BCUT2D eigenvalue weighted by atomic mass is 35.5. The molecule has 0 fully saturated rings. The van der Waals surface area contributed by atoms with E-state index in [0.717, 1.165) is 0 Å². The molecule has 0 aliphatic rings. The number of hydrogen-bond donors (Lipinski definition) is 2. The van der Waals surface area contributed by atoms with Gasteiger partial charge >= 0.3 is 5.97 Å². The molecule has 0 aliphatic carbocycles. The third kappa shape index (κ3) is 3.73. The Morgan fingerprint density at radius 2 is 1.58 bits per heavy atom. The third-order valence-electron chi connectivity index (χ3n) is 3.79. The zero-order chi connectivity index (χ0) is 18.7. The molecule has 26 heavy (non-hydrogen) atoms. The summed E-state index contributed by atoms with van der Waals surface area (Å²) in [5.41, 5.74) is 1.69. The van der Waals surface area contributed by atoms with E-state index in [1.165, 1.54) is 30.3 Å². The summed E-state index contributed by atoms with van der Waals surface area (Å²) in [7, 11) is 0. The molecule has 130 valence electrons. The highest BCUT2D eigenvalue weighted by Crippen LogP contribution is 2.29. The van der Waals surface area contributed by atoms with Gasteiger partial charge in [-0.15, -0.1) is 0 Å². The Hall–Kier alpha value is -3.18. The summed E-state index contributed by atoms with van der Waals surface area (Å²) >= 11 is 5.81. The van der Waals surface area contributed by atoms with Crippen LogP contribution in [0.1, 0.15) is 20.7 Å². The molecule has 6 heteroatoms. The number of amides is 1. The van der Waals surface area contributed by atoms with Crippen LogP contribution in [0, 0.1) is 5.82 Å². The van der Waals surface area contributed by atoms with Gasteiger partial charge in [0, 0.05) is 5.56 Å². The van der Waals surface area contributed by atoms with Crippen molar-refractivity contribution in [1.29, 1.82) is 0 Å². The van der Waals surface area contributed by atoms with Crippen molar-refractivity contribution >= 4 is 29.2 Å². The topological polar surface area (TPSA) is 66.4 Å². The van der Waals surface area contributed by atoms with Gasteiger partial charge in [-0.1, -0.05) is 41.9 Å². The van der Waals surface area contributed by atoms with E-state index in [1.54, 1.807) is 36.4 Å². The number of aromatic carboxylic acids is 1. The summed E-state index contributed by atoms with van der Waals surface area (Å²) in [5, 5.41) is 11.9. The van der Waals surface area contributed by atoms with Gasteiger partial charge in [0.1, 0.15) is 5.82 Å². The first-order chi connectivity index (χ1) is 12.5. The van der Waals surface area contributed by atoms with Crippen LogP contribution in [-0.4, -0.2) is 17.0 Å². The number of hydrogen-bond acceptors (Lipinski definition) is 2. The fraction of sp³-hybridized carbons (Fsp3) is 0. The molecule has 0 atom stereocenters. The van der Waals surface area contributed by atoms with Gasteiger partial charge in [-0.2, -0.15) is 0 Å². The van der Waals surface area contributed by atoms with Gasteiger partial charge in [-0.25, -0.2) is 9.18 Å². The van der Waals surface area contributed by atoms with Crippen molar-refractivity contribution in [3.8, 4) is 11.1 Å². The standard InChI is InChI=1S/C20H13ClFNO3/c21-16-10-13(7-9-17(16)22)14-6-8-15(20(25)26)18(11-14)23-19(24)12-4-2-1-3-5-12/h1-11H,(H,23,24)(H,25,26). The number of carbonyl (C=O) groups is 2. The Balaban J connectivity index is 2.00. The van der Waals surface area contributed by atoms with Crippen LogP contribution >= 0.6 is 11.6 Å². The summed E-state index contributed by atoms with van der Waals surface area (Å²) in [4.78, 5) is 23.8. The Kier molecular flexibility index (Phi) is 5.00. The number of benzene rings is 3. The quantitative estimate of drug-likeness (QED) is 0.672. The third-order valence-corrected chi connectivity index (χ3v) is 4.08. The molecule has 3 aromatic rings. The van der Waals surface area contributed by atoms with Crippen molar-refractivity contribution in [2.75, 3.05) is 5.32 Å². The molecular formula is C20H13ClFNO3. The highest BCUT2D eigenvalue weighted by Gasteiger charge is 2.15. The zero-order valence-electron chi connectivity index (χ0n) is 13.4. The van der Waals surface area contributed by atoms with Crippen LogP contribution in [0.2, 0.25) is 5.02 Å². The fourth-order valence-electron chi connectivity index (χ4n) is 2.47. The maximum absolute atomic E-state index is 13.4. The molecule has 0 bridgehead atoms. The SMILES string of the molecule is O=C(Nc1cc(-c2ccc(F)c(Cl)c2)ccc1C(=O)O)c1ccccc1. The van der Waals surface area contributed by atoms with E-state index < -0.39 is 17.7 Å². The summed E-state index contributed by atoms with van der Waals surface area (Å²) in [6.45, 7) is 0. The van der Waals surface area contributed by atoms with E-state index in [-0.39, 0.29) is 16.3 Å². The van der Waals surface area contributed by atoms with Crippen LogP contribution in [0.5, 0.6) is 0 Å². The molecule has 0 radical (unpaired) electrons. The number of carboxylic acids is 1. The fourth-order valence-corrected chi connectivity index (χ4v) is 2.65. The minimum atomic E-state index is -1.17. The molecule has 3 aromatic carbocycles. The predicted molar refractivity (Wildman–Crippen MR) is 98.2 cm³/mol. The number of anilines is 1. The minimum absolute atomic E-state index is 0.0420. The van der Waals surface area contributed by atoms with E-state index in [4.69, 9.17) is 11.6 Å². The molecule has 0 spiro atoms. The maximum Gasteiger partial charge on any atom is 0.337 e. The predicted octanol–water partition coefficient (Wildman–Crippen LogP) is 5.10. The zero-order valence-corrected chi connectivity index (χ0v) is 14.1. The van der Waals surface area contributed by atoms with Crippen LogP contribution in [0.25, 0.3) is 11.1 Å². The van der Waals surface area contributed by atoms with E-state index in [2.05, 4.69) is 5.32 Å². The van der Waals surface area contributed by atoms with Gasteiger partial charge in [-0.05, 0) is 47.5 Å². The second-order valence-electron chi connectivity index (χ2n) is 5.51. The summed E-state index contributed by atoms with van der Waals surface area (Å²) in [6.07, 6.45) is 0. The molecule has 1 amide bonds. The number of halogens is 2. The first-order valence-electron chi connectivity index (χ1n) is 7.65. The van der Waals surface area contributed by atoms with Gasteiger partial charge < -0.3 is 10.4 Å². The molecule has 0 saturated carbocycles. The largest absolute Gasteiger partial charge is 0.478 e. The van der Waals surface area contributed by atoms with Gasteiger partial charge in [0.05, 0.1) is 16.3 Å². The Morgan fingerprint density at radius 3 is 2.23 bits per heavy atom.